The number of benzene rings is 1. The van der Waals surface area contributed by atoms with E-state index in [1.807, 2.05) is 45.2 Å². The maximum atomic E-state index is 13.3. The third-order valence-electron chi connectivity index (χ3n) is 3.69. The van der Waals surface area contributed by atoms with Gasteiger partial charge in [-0.3, -0.25) is 0 Å². The van der Waals surface area contributed by atoms with Gasteiger partial charge in [-0.25, -0.2) is 4.98 Å². The molecule has 0 aliphatic rings. The number of aromatic nitrogens is 2. The summed E-state index contributed by atoms with van der Waals surface area (Å²) in [6, 6.07) is 5.96. The van der Waals surface area contributed by atoms with Crippen molar-refractivity contribution in [3.05, 3.63) is 42.4 Å². The zero-order chi connectivity index (χ0) is 17.7. The SMILES string of the molecule is CNCc1ccc(-c2cn([C@@H](CNC(C)C)C(F)(F)F)cn2)cc1. The molecule has 1 heterocycles. The van der Waals surface area contributed by atoms with E-state index >= 15 is 0 Å². The molecule has 0 aliphatic heterocycles. The van der Waals surface area contributed by atoms with E-state index in [4.69, 9.17) is 0 Å². The molecule has 0 unspecified atom stereocenters. The van der Waals surface area contributed by atoms with Crippen LogP contribution in [0.3, 0.4) is 0 Å². The Bertz CT molecular complexity index is 632. The molecule has 2 aromatic rings. The average molecular weight is 340 g/mol. The first kappa shape index (κ1) is 18.5. The number of hydrogen-bond acceptors (Lipinski definition) is 3. The second-order valence-corrected chi connectivity index (χ2v) is 6.05. The highest BCUT2D eigenvalue weighted by atomic mass is 19.4. The van der Waals surface area contributed by atoms with Crippen molar-refractivity contribution in [1.29, 1.82) is 0 Å². The molecule has 0 amide bonds. The Labute approximate surface area is 140 Å². The van der Waals surface area contributed by atoms with Gasteiger partial charge in [0.05, 0.1) is 12.0 Å². The molecule has 0 spiro atoms. The Morgan fingerprint density at radius 3 is 2.38 bits per heavy atom. The number of halogens is 3. The maximum Gasteiger partial charge on any atom is 0.410 e. The third kappa shape index (κ3) is 4.82. The molecular formula is C17H23F3N4. The quantitative estimate of drug-likeness (QED) is 0.812. The minimum Gasteiger partial charge on any atom is -0.323 e. The van der Waals surface area contributed by atoms with Gasteiger partial charge < -0.3 is 15.2 Å². The first-order valence-electron chi connectivity index (χ1n) is 7.88. The first-order valence-corrected chi connectivity index (χ1v) is 7.88. The lowest BCUT2D eigenvalue weighted by molar-refractivity contribution is -0.166. The Morgan fingerprint density at radius 1 is 1.17 bits per heavy atom. The summed E-state index contributed by atoms with van der Waals surface area (Å²) in [6.07, 6.45) is -1.64. The summed E-state index contributed by atoms with van der Waals surface area (Å²) in [5.41, 5.74) is 2.44. The highest BCUT2D eigenvalue weighted by Crippen LogP contribution is 2.31. The van der Waals surface area contributed by atoms with Crippen LogP contribution >= 0.6 is 0 Å². The number of nitrogens with zero attached hydrogens (tertiary/aromatic N) is 2. The molecule has 24 heavy (non-hydrogen) atoms. The molecule has 4 nitrogen and oxygen atoms in total. The number of hydrogen-bond donors (Lipinski definition) is 2. The second-order valence-electron chi connectivity index (χ2n) is 6.05. The minimum absolute atomic E-state index is 0.0161. The minimum atomic E-state index is -4.34. The molecule has 1 aromatic carbocycles. The van der Waals surface area contributed by atoms with Crippen LogP contribution in [0.5, 0.6) is 0 Å². The number of rotatable bonds is 7. The summed E-state index contributed by atoms with van der Waals surface area (Å²) in [5.74, 6) is 0. The van der Waals surface area contributed by atoms with Crippen molar-refractivity contribution < 1.29 is 13.2 Å². The van der Waals surface area contributed by atoms with Crippen molar-refractivity contribution in [2.75, 3.05) is 13.6 Å². The van der Waals surface area contributed by atoms with Gasteiger partial charge in [-0.15, -0.1) is 0 Å². The Balaban J connectivity index is 2.20. The van der Waals surface area contributed by atoms with E-state index in [9.17, 15) is 13.2 Å². The fourth-order valence-electron chi connectivity index (χ4n) is 2.39. The number of alkyl halides is 3. The molecule has 1 atom stereocenters. The molecule has 0 aliphatic carbocycles. The van der Waals surface area contributed by atoms with Crippen LogP contribution in [0.4, 0.5) is 13.2 Å². The Morgan fingerprint density at radius 2 is 1.83 bits per heavy atom. The lowest BCUT2D eigenvalue weighted by Gasteiger charge is -2.23. The fraction of sp³-hybridized carbons (Fsp3) is 0.471. The average Bonchev–Trinajstić information content (AvgIpc) is 2.96. The fourth-order valence-corrected chi connectivity index (χ4v) is 2.39. The van der Waals surface area contributed by atoms with Gasteiger partial charge in [0.2, 0.25) is 0 Å². The van der Waals surface area contributed by atoms with Crippen molar-refractivity contribution in [3.63, 3.8) is 0 Å². The van der Waals surface area contributed by atoms with Crippen LogP contribution in [-0.4, -0.2) is 35.4 Å². The van der Waals surface area contributed by atoms with Crippen LogP contribution in [-0.2, 0) is 6.54 Å². The normalized spacial score (nSPS) is 13.5. The molecule has 0 bridgehead atoms. The number of nitrogens with one attached hydrogen (secondary N) is 2. The van der Waals surface area contributed by atoms with Gasteiger partial charge in [-0.1, -0.05) is 38.1 Å². The van der Waals surface area contributed by atoms with E-state index in [1.165, 1.54) is 12.5 Å². The third-order valence-corrected chi connectivity index (χ3v) is 3.69. The van der Waals surface area contributed by atoms with Crippen LogP contribution in [0, 0.1) is 0 Å². The van der Waals surface area contributed by atoms with Crippen molar-refractivity contribution in [2.24, 2.45) is 0 Å². The van der Waals surface area contributed by atoms with Crippen molar-refractivity contribution in [1.82, 2.24) is 20.2 Å². The second kappa shape index (κ2) is 7.81. The van der Waals surface area contributed by atoms with Crippen molar-refractivity contribution in [2.45, 2.75) is 38.7 Å². The van der Waals surface area contributed by atoms with Crippen LogP contribution in [0.25, 0.3) is 11.3 Å². The summed E-state index contributed by atoms with van der Waals surface area (Å²) >= 11 is 0. The van der Waals surface area contributed by atoms with Gasteiger partial charge in [0, 0.05) is 30.9 Å². The van der Waals surface area contributed by atoms with Gasteiger partial charge >= 0.3 is 6.18 Å². The van der Waals surface area contributed by atoms with Crippen molar-refractivity contribution in [3.8, 4) is 11.3 Å². The van der Waals surface area contributed by atoms with Crippen LogP contribution in [0.2, 0.25) is 0 Å². The van der Waals surface area contributed by atoms with E-state index in [0.717, 1.165) is 22.2 Å². The zero-order valence-electron chi connectivity index (χ0n) is 14.1. The zero-order valence-corrected chi connectivity index (χ0v) is 14.1. The molecule has 2 rings (SSSR count). The highest BCUT2D eigenvalue weighted by Gasteiger charge is 2.40. The Kier molecular flexibility index (Phi) is 6.01. The van der Waals surface area contributed by atoms with Gasteiger partial charge in [0.1, 0.15) is 6.04 Å². The van der Waals surface area contributed by atoms with Gasteiger partial charge in [0.15, 0.2) is 0 Å². The van der Waals surface area contributed by atoms with Crippen molar-refractivity contribution >= 4 is 0 Å². The smallest absolute Gasteiger partial charge is 0.323 e. The summed E-state index contributed by atoms with van der Waals surface area (Å²) in [4.78, 5) is 4.14. The molecule has 0 radical (unpaired) electrons. The molecule has 2 N–H and O–H groups in total. The van der Waals surface area contributed by atoms with Crippen LogP contribution in [0.1, 0.15) is 25.5 Å². The molecule has 7 heteroatoms. The first-order chi connectivity index (χ1) is 11.3. The maximum absolute atomic E-state index is 13.3. The molecular weight excluding hydrogens is 317 g/mol. The topological polar surface area (TPSA) is 41.9 Å². The molecule has 0 saturated heterocycles. The van der Waals surface area contributed by atoms with Gasteiger partial charge in [-0.05, 0) is 12.6 Å². The standard InChI is InChI=1S/C17H23F3N4/c1-12(2)22-9-16(17(18,19)20)24-10-15(23-11-24)14-6-4-13(5-7-14)8-21-3/h4-7,10-12,16,21-22H,8-9H2,1-3H3/t16-/m0/s1. The summed E-state index contributed by atoms with van der Waals surface area (Å²) in [6.45, 7) is 4.20. The lowest BCUT2D eigenvalue weighted by Crippen LogP contribution is -2.37. The van der Waals surface area contributed by atoms with Crippen LogP contribution in [0.15, 0.2) is 36.8 Å². The molecule has 0 saturated carbocycles. The van der Waals surface area contributed by atoms with E-state index in [-0.39, 0.29) is 12.6 Å². The Hall–Kier alpha value is -1.86. The molecule has 1 aromatic heterocycles. The number of imidazole rings is 1. The lowest BCUT2D eigenvalue weighted by atomic mass is 10.1. The summed E-state index contributed by atoms with van der Waals surface area (Å²) in [7, 11) is 1.86. The van der Waals surface area contributed by atoms with Gasteiger partial charge in [-0.2, -0.15) is 13.2 Å². The summed E-state index contributed by atoms with van der Waals surface area (Å²) < 4.78 is 41.1. The van der Waals surface area contributed by atoms with E-state index in [2.05, 4.69) is 15.6 Å². The van der Waals surface area contributed by atoms with Crippen LogP contribution < -0.4 is 10.6 Å². The monoisotopic (exact) mass is 340 g/mol. The molecule has 132 valence electrons. The van der Waals surface area contributed by atoms with E-state index < -0.39 is 12.2 Å². The molecule has 0 fully saturated rings. The van der Waals surface area contributed by atoms with Gasteiger partial charge in [0.25, 0.3) is 0 Å². The predicted molar refractivity (Wildman–Crippen MR) is 88.7 cm³/mol. The highest BCUT2D eigenvalue weighted by molar-refractivity contribution is 5.58. The van der Waals surface area contributed by atoms with E-state index in [1.54, 1.807) is 0 Å². The predicted octanol–water partition coefficient (Wildman–Crippen LogP) is 3.37. The summed E-state index contributed by atoms with van der Waals surface area (Å²) in [5, 5.41) is 5.90. The largest absolute Gasteiger partial charge is 0.410 e. The van der Waals surface area contributed by atoms with E-state index in [0.29, 0.717) is 5.69 Å².